The molecule has 1 aliphatic heterocycles. The highest BCUT2D eigenvalue weighted by Crippen LogP contribution is 2.30. The van der Waals surface area contributed by atoms with Crippen LogP contribution in [0, 0.1) is 5.92 Å². The van der Waals surface area contributed by atoms with Crippen LogP contribution < -0.4 is 16.4 Å². The van der Waals surface area contributed by atoms with Gasteiger partial charge >= 0.3 is 0 Å². The van der Waals surface area contributed by atoms with Crippen LogP contribution in [0.3, 0.4) is 0 Å². The van der Waals surface area contributed by atoms with Gasteiger partial charge in [0.25, 0.3) is 0 Å². The molecule has 80 valence electrons. The molecule has 0 fully saturated rings. The second-order valence-corrected chi connectivity index (χ2v) is 4.16. The Bertz CT molecular complexity index is 401. The molecule has 0 unspecified atom stereocenters. The minimum Gasteiger partial charge on any atom is -0.399 e. The largest absolute Gasteiger partial charge is 0.399 e. The Hall–Kier alpha value is -1.71. The quantitative estimate of drug-likeness (QED) is 0.611. The molecule has 1 aliphatic rings. The Labute approximate surface area is 88.9 Å². The number of fused-ring (bicyclic) bond motifs is 1. The predicted octanol–water partition coefficient (Wildman–Crippen LogP) is 1.66. The van der Waals surface area contributed by atoms with E-state index in [4.69, 9.17) is 5.73 Å². The average Bonchev–Trinajstić information content (AvgIpc) is 2.15. The highest BCUT2D eigenvalue weighted by molar-refractivity contribution is 6.03. The molecule has 1 amide bonds. The lowest BCUT2D eigenvalue weighted by Gasteiger charge is -2.29. The van der Waals surface area contributed by atoms with Gasteiger partial charge in [0.1, 0.15) is 6.04 Å². The number of amides is 1. The van der Waals surface area contributed by atoms with Gasteiger partial charge in [-0.25, -0.2) is 0 Å². The molecular formula is C11H15N3O. The Morgan fingerprint density at radius 3 is 2.73 bits per heavy atom. The van der Waals surface area contributed by atoms with Crippen LogP contribution in [0.15, 0.2) is 18.2 Å². The Morgan fingerprint density at radius 2 is 2.07 bits per heavy atom. The lowest BCUT2D eigenvalue weighted by atomic mass is 10.0. The number of hydrogen-bond acceptors (Lipinski definition) is 3. The summed E-state index contributed by atoms with van der Waals surface area (Å²) >= 11 is 0. The third-order valence-corrected chi connectivity index (χ3v) is 2.56. The van der Waals surface area contributed by atoms with Gasteiger partial charge < -0.3 is 16.4 Å². The number of anilines is 3. The molecule has 4 heteroatoms. The van der Waals surface area contributed by atoms with Crippen molar-refractivity contribution < 1.29 is 4.79 Å². The van der Waals surface area contributed by atoms with E-state index in [-0.39, 0.29) is 17.9 Å². The van der Waals surface area contributed by atoms with E-state index in [1.54, 1.807) is 6.07 Å². The molecular weight excluding hydrogens is 190 g/mol. The van der Waals surface area contributed by atoms with E-state index in [1.807, 2.05) is 26.0 Å². The third-order valence-electron chi connectivity index (χ3n) is 2.56. The van der Waals surface area contributed by atoms with Crippen molar-refractivity contribution in [1.29, 1.82) is 0 Å². The van der Waals surface area contributed by atoms with Gasteiger partial charge in [-0.05, 0) is 24.1 Å². The Morgan fingerprint density at radius 1 is 1.33 bits per heavy atom. The average molecular weight is 205 g/mol. The zero-order valence-electron chi connectivity index (χ0n) is 8.87. The second kappa shape index (κ2) is 3.46. The van der Waals surface area contributed by atoms with Gasteiger partial charge in [-0.15, -0.1) is 0 Å². The molecule has 1 aromatic rings. The first-order chi connectivity index (χ1) is 7.08. The van der Waals surface area contributed by atoms with E-state index in [0.717, 1.165) is 11.4 Å². The van der Waals surface area contributed by atoms with Crippen molar-refractivity contribution in [2.75, 3.05) is 16.4 Å². The molecule has 15 heavy (non-hydrogen) atoms. The van der Waals surface area contributed by atoms with Gasteiger partial charge in [-0.3, -0.25) is 4.79 Å². The van der Waals surface area contributed by atoms with Gasteiger partial charge in [0.2, 0.25) is 5.91 Å². The number of nitrogen functional groups attached to an aromatic ring is 1. The molecule has 0 saturated carbocycles. The Kier molecular flexibility index (Phi) is 2.26. The van der Waals surface area contributed by atoms with Crippen molar-refractivity contribution in [3.05, 3.63) is 18.2 Å². The number of carbonyl (C=O) groups excluding carboxylic acids is 1. The zero-order valence-corrected chi connectivity index (χ0v) is 8.87. The maximum absolute atomic E-state index is 11.7. The normalized spacial score (nSPS) is 19.4. The van der Waals surface area contributed by atoms with Crippen molar-refractivity contribution in [3.8, 4) is 0 Å². The molecule has 0 saturated heterocycles. The predicted molar refractivity (Wildman–Crippen MR) is 61.7 cm³/mol. The van der Waals surface area contributed by atoms with E-state index in [2.05, 4.69) is 10.6 Å². The smallest absolute Gasteiger partial charge is 0.247 e. The summed E-state index contributed by atoms with van der Waals surface area (Å²) in [5, 5.41) is 6.06. The summed E-state index contributed by atoms with van der Waals surface area (Å²) in [4.78, 5) is 11.7. The summed E-state index contributed by atoms with van der Waals surface area (Å²) in [7, 11) is 0. The maximum Gasteiger partial charge on any atom is 0.247 e. The van der Waals surface area contributed by atoms with Crippen LogP contribution in [0.1, 0.15) is 13.8 Å². The minimum atomic E-state index is -0.166. The van der Waals surface area contributed by atoms with Crippen molar-refractivity contribution in [2.45, 2.75) is 19.9 Å². The number of hydrogen-bond donors (Lipinski definition) is 3. The fourth-order valence-corrected chi connectivity index (χ4v) is 1.70. The van der Waals surface area contributed by atoms with Crippen molar-refractivity contribution in [2.24, 2.45) is 5.92 Å². The van der Waals surface area contributed by atoms with E-state index in [0.29, 0.717) is 5.69 Å². The van der Waals surface area contributed by atoms with Gasteiger partial charge in [0, 0.05) is 5.69 Å². The van der Waals surface area contributed by atoms with E-state index < -0.39 is 0 Å². The topological polar surface area (TPSA) is 67.2 Å². The number of nitrogens with one attached hydrogen (secondary N) is 2. The molecule has 1 heterocycles. The molecule has 1 aromatic carbocycles. The molecule has 4 nitrogen and oxygen atoms in total. The molecule has 2 rings (SSSR count). The molecule has 0 radical (unpaired) electrons. The standard InChI is InChI=1S/C11H15N3O/c1-6(2)10-11(15)14-9-5-7(12)3-4-8(9)13-10/h3-6,10,13H,12H2,1-2H3,(H,14,15)/t10-/m0/s1. The molecule has 4 N–H and O–H groups in total. The highest BCUT2D eigenvalue weighted by atomic mass is 16.2. The van der Waals surface area contributed by atoms with Crippen LogP contribution in [-0.4, -0.2) is 11.9 Å². The minimum absolute atomic E-state index is 0.00287. The van der Waals surface area contributed by atoms with Crippen LogP contribution >= 0.6 is 0 Å². The fraction of sp³-hybridized carbons (Fsp3) is 0.364. The van der Waals surface area contributed by atoms with Crippen LogP contribution in [0.5, 0.6) is 0 Å². The number of benzene rings is 1. The first kappa shape index (κ1) is 9.83. The molecule has 0 bridgehead atoms. The summed E-state index contributed by atoms with van der Waals surface area (Å²) < 4.78 is 0. The van der Waals surface area contributed by atoms with Crippen molar-refractivity contribution in [3.63, 3.8) is 0 Å². The van der Waals surface area contributed by atoms with E-state index in [9.17, 15) is 4.79 Å². The van der Waals surface area contributed by atoms with Gasteiger partial charge in [0.15, 0.2) is 0 Å². The number of carbonyl (C=O) groups is 1. The van der Waals surface area contributed by atoms with E-state index >= 15 is 0 Å². The summed E-state index contributed by atoms with van der Waals surface area (Å²) in [6.45, 7) is 4.03. The van der Waals surface area contributed by atoms with Gasteiger partial charge in [0.05, 0.1) is 11.4 Å². The molecule has 0 spiro atoms. The number of nitrogens with two attached hydrogens (primary N) is 1. The van der Waals surface area contributed by atoms with Crippen molar-refractivity contribution >= 4 is 23.0 Å². The Balaban J connectivity index is 2.34. The lowest BCUT2D eigenvalue weighted by Crippen LogP contribution is -2.42. The van der Waals surface area contributed by atoms with Crippen LogP contribution in [0.4, 0.5) is 17.1 Å². The zero-order chi connectivity index (χ0) is 11.0. The van der Waals surface area contributed by atoms with Crippen LogP contribution in [-0.2, 0) is 4.79 Å². The van der Waals surface area contributed by atoms with Gasteiger partial charge in [-0.2, -0.15) is 0 Å². The summed E-state index contributed by atoms with van der Waals surface area (Å²) in [6.07, 6.45) is 0. The molecule has 0 aromatic heterocycles. The highest BCUT2D eigenvalue weighted by Gasteiger charge is 2.27. The van der Waals surface area contributed by atoms with E-state index in [1.165, 1.54) is 0 Å². The summed E-state index contributed by atoms with van der Waals surface area (Å²) in [5.74, 6) is 0.263. The number of rotatable bonds is 1. The first-order valence-corrected chi connectivity index (χ1v) is 5.05. The molecule has 0 aliphatic carbocycles. The summed E-state index contributed by atoms with van der Waals surface area (Å²) in [6, 6.07) is 5.30. The second-order valence-electron chi connectivity index (χ2n) is 4.16. The SMILES string of the molecule is CC(C)[C@@H]1Nc2ccc(N)cc2NC1=O. The fourth-order valence-electron chi connectivity index (χ4n) is 1.70. The van der Waals surface area contributed by atoms with Crippen LogP contribution in [0.25, 0.3) is 0 Å². The van der Waals surface area contributed by atoms with Crippen LogP contribution in [0.2, 0.25) is 0 Å². The maximum atomic E-state index is 11.7. The third kappa shape index (κ3) is 1.75. The molecule has 1 atom stereocenters. The monoisotopic (exact) mass is 205 g/mol. The summed E-state index contributed by atoms with van der Waals surface area (Å²) in [5.41, 5.74) is 7.99. The van der Waals surface area contributed by atoms with Gasteiger partial charge in [-0.1, -0.05) is 13.8 Å². The first-order valence-electron chi connectivity index (χ1n) is 5.05. The lowest BCUT2D eigenvalue weighted by molar-refractivity contribution is -0.117. The van der Waals surface area contributed by atoms with Crippen molar-refractivity contribution in [1.82, 2.24) is 0 Å².